The Bertz CT molecular complexity index is 289. The molecule has 1 amide bonds. The Labute approximate surface area is 125 Å². The van der Waals surface area contributed by atoms with Crippen LogP contribution in [0.25, 0.3) is 0 Å². The van der Waals surface area contributed by atoms with Crippen molar-refractivity contribution >= 4 is 5.91 Å². The zero-order valence-electron chi connectivity index (χ0n) is 14.0. The zero-order valence-corrected chi connectivity index (χ0v) is 14.0. The SMILES string of the molecule is CCCNC(CC)CCCN1CCC(C)(C)CCC1=O. The number of rotatable bonds is 8. The van der Waals surface area contributed by atoms with Crippen molar-refractivity contribution < 1.29 is 4.79 Å². The van der Waals surface area contributed by atoms with Gasteiger partial charge in [-0.25, -0.2) is 0 Å². The van der Waals surface area contributed by atoms with Crippen LogP contribution in [0.2, 0.25) is 0 Å². The minimum atomic E-state index is 0.332. The molecule has 0 spiro atoms. The third-order valence-electron chi connectivity index (χ3n) is 4.58. The highest BCUT2D eigenvalue weighted by molar-refractivity contribution is 5.76. The summed E-state index contributed by atoms with van der Waals surface area (Å²) >= 11 is 0. The van der Waals surface area contributed by atoms with Gasteiger partial charge in [-0.15, -0.1) is 0 Å². The van der Waals surface area contributed by atoms with Gasteiger partial charge < -0.3 is 10.2 Å². The second-order valence-corrected chi connectivity index (χ2v) is 7.00. The van der Waals surface area contributed by atoms with Crippen molar-refractivity contribution in [3.63, 3.8) is 0 Å². The maximum atomic E-state index is 12.1. The predicted octanol–water partition coefficient (Wildman–Crippen LogP) is 3.58. The minimum absolute atomic E-state index is 0.332. The Morgan fingerprint density at radius 2 is 2.05 bits per heavy atom. The first-order valence-electron chi connectivity index (χ1n) is 8.49. The molecule has 0 aromatic rings. The molecule has 0 saturated carbocycles. The van der Waals surface area contributed by atoms with E-state index in [0.717, 1.165) is 45.3 Å². The first kappa shape index (κ1) is 17.5. The number of hydrogen-bond donors (Lipinski definition) is 1. The molecule has 20 heavy (non-hydrogen) atoms. The first-order valence-corrected chi connectivity index (χ1v) is 8.49. The molecule has 0 bridgehead atoms. The quantitative estimate of drug-likeness (QED) is 0.738. The van der Waals surface area contributed by atoms with Crippen LogP contribution in [0.15, 0.2) is 0 Å². The van der Waals surface area contributed by atoms with Crippen molar-refractivity contribution in [2.24, 2.45) is 5.41 Å². The van der Waals surface area contributed by atoms with Gasteiger partial charge in [-0.1, -0.05) is 27.7 Å². The van der Waals surface area contributed by atoms with Crippen LogP contribution in [0.4, 0.5) is 0 Å². The molecule has 1 N–H and O–H groups in total. The zero-order chi connectivity index (χ0) is 15.0. The smallest absolute Gasteiger partial charge is 0.222 e. The van der Waals surface area contributed by atoms with Crippen molar-refractivity contribution in [2.45, 2.75) is 78.7 Å². The van der Waals surface area contributed by atoms with Gasteiger partial charge in [0, 0.05) is 25.6 Å². The number of hydrogen-bond acceptors (Lipinski definition) is 2. The van der Waals surface area contributed by atoms with E-state index in [1.165, 1.54) is 19.3 Å². The molecule has 118 valence electrons. The van der Waals surface area contributed by atoms with Gasteiger partial charge in [-0.05, 0) is 50.5 Å². The molecule has 0 aliphatic carbocycles. The number of nitrogens with zero attached hydrogens (tertiary/aromatic N) is 1. The Balaban J connectivity index is 2.31. The fraction of sp³-hybridized carbons (Fsp3) is 0.941. The molecule has 1 aliphatic heterocycles. The molecule has 3 nitrogen and oxygen atoms in total. The van der Waals surface area contributed by atoms with E-state index >= 15 is 0 Å². The number of nitrogens with one attached hydrogen (secondary N) is 1. The second kappa shape index (κ2) is 8.66. The van der Waals surface area contributed by atoms with Crippen molar-refractivity contribution in [3.05, 3.63) is 0 Å². The van der Waals surface area contributed by atoms with Crippen LogP contribution in [-0.2, 0) is 4.79 Å². The highest BCUT2D eigenvalue weighted by atomic mass is 16.2. The number of likely N-dealkylation sites (tertiary alicyclic amines) is 1. The molecular formula is C17H34N2O. The lowest BCUT2D eigenvalue weighted by atomic mass is 9.85. The molecular weight excluding hydrogens is 248 g/mol. The van der Waals surface area contributed by atoms with Crippen LogP contribution in [-0.4, -0.2) is 36.5 Å². The van der Waals surface area contributed by atoms with E-state index in [1.807, 2.05) is 0 Å². The van der Waals surface area contributed by atoms with Crippen LogP contribution in [0, 0.1) is 5.41 Å². The molecule has 1 atom stereocenters. The molecule has 1 rings (SSSR count). The normalized spacial score (nSPS) is 20.8. The van der Waals surface area contributed by atoms with Gasteiger partial charge in [0.1, 0.15) is 0 Å². The lowest BCUT2D eigenvalue weighted by molar-refractivity contribution is -0.130. The van der Waals surface area contributed by atoms with Crippen LogP contribution in [0.3, 0.4) is 0 Å². The maximum absolute atomic E-state index is 12.1. The van der Waals surface area contributed by atoms with Crippen molar-refractivity contribution in [1.82, 2.24) is 10.2 Å². The Morgan fingerprint density at radius 3 is 2.70 bits per heavy atom. The van der Waals surface area contributed by atoms with E-state index in [1.54, 1.807) is 0 Å². The minimum Gasteiger partial charge on any atom is -0.343 e. The number of amides is 1. The predicted molar refractivity (Wildman–Crippen MR) is 85.8 cm³/mol. The molecule has 0 radical (unpaired) electrons. The fourth-order valence-electron chi connectivity index (χ4n) is 2.85. The molecule has 1 aliphatic rings. The lowest BCUT2D eigenvalue weighted by Crippen LogP contribution is -2.34. The topological polar surface area (TPSA) is 32.3 Å². The summed E-state index contributed by atoms with van der Waals surface area (Å²) < 4.78 is 0. The van der Waals surface area contributed by atoms with Gasteiger partial charge in [-0.2, -0.15) is 0 Å². The Hall–Kier alpha value is -0.570. The fourth-order valence-corrected chi connectivity index (χ4v) is 2.85. The molecule has 1 fully saturated rings. The highest BCUT2D eigenvalue weighted by Gasteiger charge is 2.26. The highest BCUT2D eigenvalue weighted by Crippen LogP contribution is 2.30. The summed E-state index contributed by atoms with van der Waals surface area (Å²) in [7, 11) is 0. The largest absolute Gasteiger partial charge is 0.343 e. The Morgan fingerprint density at radius 1 is 1.30 bits per heavy atom. The monoisotopic (exact) mass is 282 g/mol. The summed E-state index contributed by atoms with van der Waals surface area (Å²) in [5, 5.41) is 3.59. The van der Waals surface area contributed by atoms with Crippen LogP contribution >= 0.6 is 0 Å². The Kier molecular flexibility index (Phi) is 7.57. The average molecular weight is 282 g/mol. The van der Waals surface area contributed by atoms with Gasteiger partial charge in [0.2, 0.25) is 5.91 Å². The van der Waals surface area contributed by atoms with E-state index < -0.39 is 0 Å². The van der Waals surface area contributed by atoms with E-state index in [9.17, 15) is 4.79 Å². The van der Waals surface area contributed by atoms with E-state index in [4.69, 9.17) is 0 Å². The van der Waals surface area contributed by atoms with E-state index in [0.29, 0.717) is 17.4 Å². The van der Waals surface area contributed by atoms with Crippen LogP contribution in [0.1, 0.15) is 72.6 Å². The molecule has 1 saturated heterocycles. The lowest BCUT2D eigenvalue weighted by Gasteiger charge is -2.24. The number of carbonyl (C=O) groups is 1. The van der Waals surface area contributed by atoms with Gasteiger partial charge in [0.25, 0.3) is 0 Å². The van der Waals surface area contributed by atoms with Crippen molar-refractivity contribution in [3.8, 4) is 0 Å². The van der Waals surface area contributed by atoms with Gasteiger partial charge in [0.15, 0.2) is 0 Å². The van der Waals surface area contributed by atoms with Gasteiger partial charge in [-0.3, -0.25) is 4.79 Å². The second-order valence-electron chi connectivity index (χ2n) is 7.00. The summed E-state index contributed by atoms with van der Waals surface area (Å²) in [6.45, 7) is 12.0. The van der Waals surface area contributed by atoms with Gasteiger partial charge >= 0.3 is 0 Å². The summed E-state index contributed by atoms with van der Waals surface area (Å²) in [5.74, 6) is 0.366. The number of carbonyl (C=O) groups excluding carboxylic acids is 1. The standard InChI is InChI=1S/C17H34N2O/c1-5-12-18-15(6-2)8-7-13-19-14-11-17(3,4)10-9-16(19)20/h15,18H,5-14H2,1-4H3. The van der Waals surface area contributed by atoms with E-state index in [-0.39, 0.29) is 0 Å². The average Bonchev–Trinajstić information content (AvgIpc) is 2.55. The molecule has 0 aromatic heterocycles. The maximum Gasteiger partial charge on any atom is 0.222 e. The molecule has 1 heterocycles. The van der Waals surface area contributed by atoms with Crippen molar-refractivity contribution in [2.75, 3.05) is 19.6 Å². The summed E-state index contributed by atoms with van der Waals surface area (Å²) in [6, 6.07) is 0.619. The molecule has 3 heteroatoms. The van der Waals surface area contributed by atoms with Crippen LogP contribution in [0.5, 0.6) is 0 Å². The first-order chi connectivity index (χ1) is 9.48. The summed E-state index contributed by atoms with van der Waals surface area (Å²) in [5.41, 5.74) is 0.332. The van der Waals surface area contributed by atoms with E-state index in [2.05, 4.69) is 37.9 Å². The summed E-state index contributed by atoms with van der Waals surface area (Å²) in [6.07, 6.45) is 7.60. The summed E-state index contributed by atoms with van der Waals surface area (Å²) in [4.78, 5) is 14.2. The third kappa shape index (κ3) is 6.25. The van der Waals surface area contributed by atoms with Crippen molar-refractivity contribution in [1.29, 1.82) is 0 Å². The third-order valence-corrected chi connectivity index (χ3v) is 4.58. The van der Waals surface area contributed by atoms with Gasteiger partial charge in [0.05, 0.1) is 0 Å². The molecule has 0 aromatic carbocycles. The van der Waals surface area contributed by atoms with Crippen LogP contribution < -0.4 is 5.32 Å². The molecule has 1 unspecified atom stereocenters.